The zero-order valence-electron chi connectivity index (χ0n) is 8.67. The van der Waals surface area contributed by atoms with E-state index in [4.69, 9.17) is 0 Å². The Balaban J connectivity index is 2.53. The molecule has 0 aliphatic heterocycles. The summed E-state index contributed by atoms with van der Waals surface area (Å²) in [7, 11) is 1.78. The second kappa shape index (κ2) is 4.61. The first-order valence-electron chi connectivity index (χ1n) is 4.81. The van der Waals surface area contributed by atoms with Gasteiger partial charge in [0.15, 0.2) is 0 Å². The molecule has 1 aromatic carbocycles. The molecule has 0 saturated carbocycles. The summed E-state index contributed by atoms with van der Waals surface area (Å²) in [6.07, 6.45) is 0. The lowest BCUT2D eigenvalue weighted by atomic mass is 10.1. The molecule has 0 bridgehead atoms. The molecule has 0 amide bonds. The third-order valence-electron chi connectivity index (χ3n) is 2.21. The molecule has 0 saturated heterocycles. The zero-order chi connectivity index (χ0) is 11.5. The number of aromatic nitrogens is 1. The summed E-state index contributed by atoms with van der Waals surface area (Å²) in [4.78, 5) is 4.29. The summed E-state index contributed by atoms with van der Waals surface area (Å²) in [6, 6.07) is 10.3. The zero-order valence-corrected chi connectivity index (χ0v) is 10.3. The van der Waals surface area contributed by atoms with Crippen molar-refractivity contribution >= 4 is 21.7 Å². The van der Waals surface area contributed by atoms with Gasteiger partial charge in [0.25, 0.3) is 0 Å². The van der Waals surface area contributed by atoms with Gasteiger partial charge in [0.05, 0.1) is 5.69 Å². The van der Waals surface area contributed by atoms with Crippen molar-refractivity contribution in [3.63, 3.8) is 0 Å². The van der Waals surface area contributed by atoms with Crippen LogP contribution in [0, 0.1) is 5.82 Å². The molecule has 0 aliphatic carbocycles. The highest BCUT2D eigenvalue weighted by Crippen LogP contribution is 2.25. The van der Waals surface area contributed by atoms with Gasteiger partial charge in [-0.3, -0.25) is 0 Å². The van der Waals surface area contributed by atoms with E-state index in [1.165, 1.54) is 6.07 Å². The van der Waals surface area contributed by atoms with E-state index in [-0.39, 0.29) is 5.82 Å². The van der Waals surface area contributed by atoms with Crippen LogP contribution < -0.4 is 5.32 Å². The SMILES string of the molecule is CNc1cccc(-c2cc(Br)ccc2F)n1. The average Bonchev–Trinajstić information content (AvgIpc) is 2.32. The molecule has 2 rings (SSSR count). The van der Waals surface area contributed by atoms with Crippen molar-refractivity contribution in [2.24, 2.45) is 0 Å². The van der Waals surface area contributed by atoms with Gasteiger partial charge in [-0.15, -0.1) is 0 Å². The van der Waals surface area contributed by atoms with Crippen molar-refractivity contribution in [2.75, 3.05) is 12.4 Å². The maximum absolute atomic E-state index is 13.6. The fourth-order valence-corrected chi connectivity index (χ4v) is 1.78. The van der Waals surface area contributed by atoms with Gasteiger partial charge < -0.3 is 5.32 Å². The van der Waals surface area contributed by atoms with E-state index in [1.54, 1.807) is 25.2 Å². The summed E-state index contributed by atoms with van der Waals surface area (Å²) in [5.41, 5.74) is 1.11. The van der Waals surface area contributed by atoms with E-state index in [2.05, 4.69) is 26.2 Å². The largest absolute Gasteiger partial charge is 0.373 e. The van der Waals surface area contributed by atoms with Crippen LogP contribution in [0.2, 0.25) is 0 Å². The van der Waals surface area contributed by atoms with Crippen LogP contribution in [-0.4, -0.2) is 12.0 Å². The predicted octanol–water partition coefficient (Wildman–Crippen LogP) is 3.69. The minimum absolute atomic E-state index is 0.274. The first-order chi connectivity index (χ1) is 7.70. The molecule has 0 fully saturated rings. The van der Waals surface area contributed by atoms with Crippen LogP contribution in [-0.2, 0) is 0 Å². The lowest BCUT2D eigenvalue weighted by Gasteiger charge is -2.05. The maximum Gasteiger partial charge on any atom is 0.132 e. The minimum atomic E-state index is -0.274. The van der Waals surface area contributed by atoms with Crippen LogP contribution in [0.4, 0.5) is 10.2 Å². The summed E-state index contributed by atoms with van der Waals surface area (Å²) in [5.74, 6) is 0.445. The Morgan fingerprint density at radius 3 is 2.81 bits per heavy atom. The van der Waals surface area contributed by atoms with Gasteiger partial charge in [-0.25, -0.2) is 9.37 Å². The Morgan fingerprint density at radius 2 is 2.06 bits per heavy atom. The first-order valence-corrected chi connectivity index (χ1v) is 5.60. The normalized spacial score (nSPS) is 10.2. The van der Waals surface area contributed by atoms with Crippen LogP contribution >= 0.6 is 15.9 Å². The highest BCUT2D eigenvalue weighted by atomic mass is 79.9. The molecule has 1 aromatic heterocycles. The smallest absolute Gasteiger partial charge is 0.132 e. The third-order valence-corrected chi connectivity index (χ3v) is 2.70. The van der Waals surface area contributed by atoms with Crippen molar-refractivity contribution in [1.29, 1.82) is 0 Å². The second-order valence-corrected chi connectivity index (χ2v) is 4.20. The van der Waals surface area contributed by atoms with E-state index >= 15 is 0 Å². The van der Waals surface area contributed by atoms with Crippen LogP contribution in [0.15, 0.2) is 40.9 Å². The van der Waals surface area contributed by atoms with Crippen LogP contribution in [0.3, 0.4) is 0 Å². The first kappa shape index (κ1) is 11.1. The maximum atomic E-state index is 13.6. The van der Waals surface area contributed by atoms with Crippen molar-refractivity contribution in [2.45, 2.75) is 0 Å². The number of pyridine rings is 1. The highest BCUT2D eigenvalue weighted by Gasteiger charge is 2.07. The van der Waals surface area contributed by atoms with E-state index in [9.17, 15) is 4.39 Å². The number of nitrogens with zero attached hydrogens (tertiary/aromatic N) is 1. The molecule has 0 unspecified atom stereocenters. The molecule has 0 spiro atoms. The molecular formula is C12H10BrFN2. The Morgan fingerprint density at radius 1 is 1.25 bits per heavy atom. The molecule has 0 atom stereocenters. The lowest BCUT2D eigenvalue weighted by Crippen LogP contribution is -1.94. The molecule has 4 heteroatoms. The van der Waals surface area contributed by atoms with Gasteiger partial charge in [-0.05, 0) is 30.3 Å². The fraction of sp³-hybridized carbons (Fsp3) is 0.0833. The molecule has 0 radical (unpaired) electrons. The summed E-state index contributed by atoms with van der Waals surface area (Å²) < 4.78 is 14.4. The standard InChI is InChI=1S/C12H10BrFN2/c1-15-12-4-2-3-11(16-12)9-7-8(13)5-6-10(9)14/h2-7H,1H3,(H,15,16). The average molecular weight is 281 g/mol. The van der Waals surface area contributed by atoms with Crippen molar-refractivity contribution in [3.8, 4) is 11.3 Å². The second-order valence-electron chi connectivity index (χ2n) is 3.28. The number of hydrogen-bond donors (Lipinski definition) is 1. The number of nitrogens with one attached hydrogen (secondary N) is 1. The molecule has 16 heavy (non-hydrogen) atoms. The lowest BCUT2D eigenvalue weighted by molar-refractivity contribution is 0.630. The van der Waals surface area contributed by atoms with Crippen LogP contribution in [0.5, 0.6) is 0 Å². The summed E-state index contributed by atoms with van der Waals surface area (Å²) in [6.45, 7) is 0. The predicted molar refractivity (Wildman–Crippen MR) is 66.9 cm³/mol. The van der Waals surface area contributed by atoms with Gasteiger partial charge in [0, 0.05) is 17.1 Å². The van der Waals surface area contributed by atoms with E-state index < -0.39 is 0 Å². The fourth-order valence-electron chi connectivity index (χ4n) is 1.42. The number of hydrogen-bond acceptors (Lipinski definition) is 2. The van der Waals surface area contributed by atoms with E-state index in [0.29, 0.717) is 11.3 Å². The molecule has 1 N–H and O–H groups in total. The quantitative estimate of drug-likeness (QED) is 0.908. The highest BCUT2D eigenvalue weighted by molar-refractivity contribution is 9.10. The molecule has 1 heterocycles. The number of rotatable bonds is 2. The Kier molecular flexibility index (Phi) is 3.19. The van der Waals surface area contributed by atoms with Gasteiger partial charge in [0.2, 0.25) is 0 Å². The molecule has 82 valence electrons. The van der Waals surface area contributed by atoms with Gasteiger partial charge in [0.1, 0.15) is 11.6 Å². The van der Waals surface area contributed by atoms with Crippen molar-refractivity contribution in [3.05, 3.63) is 46.7 Å². The van der Waals surface area contributed by atoms with Crippen molar-refractivity contribution in [1.82, 2.24) is 4.98 Å². The minimum Gasteiger partial charge on any atom is -0.373 e. The molecule has 0 aliphatic rings. The molecule has 2 aromatic rings. The van der Waals surface area contributed by atoms with E-state index in [0.717, 1.165) is 10.3 Å². The Labute approximate surface area is 102 Å². The van der Waals surface area contributed by atoms with Gasteiger partial charge in [-0.1, -0.05) is 22.0 Å². The van der Waals surface area contributed by atoms with Gasteiger partial charge in [-0.2, -0.15) is 0 Å². The topological polar surface area (TPSA) is 24.9 Å². The molecular weight excluding hydrogens is 271 g/mol. The monoisotopic (exact) mass is 280 g/mol. The van der Waals surface area contributed by atoms with Crippen LogP contribution in [0.25, 0.3) is 11.3 Å². The molecule has 2 nitrogen and oxygen atoms in total. The third kappa shape index (κ3) is 2.22. The van der Waals surface area contributed by atoms with Crippen molar-refractivity contribution < 1.29 is 4.39 Å². The number of halogens is 2. The number of benzene rings is 1. The van der Waals surface area contributed by atoms with E-state index in [1.807, 2.05) is 12.1 Å². The summed E-state index contributed by atoms with van der Waals surface area (Å²) >= 11 is 3.32. The van der Waals surface area contributed by atoms with Gasteiger partial charge >= 0.3 is 0 Å². The summed E-state index contributed by atoms with van der Waals surface area (Å²) in [5, 5.41) is 2.93. The Bertz CT molecular complexity index is 514. The Hall–Kier alpha value is -1.42. The van der Waals surface area contributed by atoms with Crippen LogP contribution in [0.1, 0.15) is 0 Å². The number of anilines is 1.